The van der Waals surface area contributed by atoms with Crippen molar-refractivity contribution < 1.29 is 19.7 Å². The van der Waals surface area contributed by atoms with Gasteiger partial charge in [0.2, 0.25) is 0 Å². The largest absolute Gasteiger partial charge is 0.396 e. The molecule has 1 rings (SSSR count). The molecule has 4 nitrogen and oxygen atoms in total. The zero-order chi connectivity index (χ0) is 23.2. The van der Waals surface area contributed by atoms with E-state index in [2.05, 4.69) is 6.92 Å². The molecular formula is C28H50O4. The molecule has 0 saturated carbocycles. The Labute approximate surface area is 197 Å². The maximum Gasteiger partial charge on any atom is 0.0717 e. The van der Waals surface area contributed by atoms with Crippen molar-refractivity contribution in [2.24, 2.45) is 5.41 Å². The summed E-state index contributed by atoms with van der Waals surface area (Å²) in [6, 6.07) is 9.94. The molecule has 2 N–H and O–H groups in total. The van der Waals surface area contributed by atoms with Crippen LogP contribution in [0.3, 0.4) is 0 Å². The van der Waals surface area contributed by atoms with E-state index < -0.39 is 5.41 Å². The normalized spacial score (nSPS) is 11.8. The molecule has 0 saturated heterocycles. The number of unbranched alkanes of at least 4 members (excludes halogenated alkanes) is 13. The first-order valence-corrected chi connectivity index (χ1v) is 13.2. The van der Waals surface area contributed by atoms with E-state index in [1.165, 1.54) is 83.5 Å². The summed E-state index contributed by atoms with van der Waals surface area (Å²) >= 11 is 0. The minimum Gasteiger partial charge on any atom is -0.396 e. The molecule has 4 heteroatoms. The van der Waals surface area contributed by atoms with Gasteiger partial charge in [0.25, 0.3) is 0 Å². The van der Waals surface area contributed by atoms with Gasteiger partial charge in [-0.15, -0.1) is 0 Å². The fourth-order valence-electron chi connectivity index (χ4n) is 3.92. The van der Waals surface area contributed by atoms with Crippen molar-refractivity contribution in [3.05, 3.63) is 35.9 Å². The number of aliphatic hydroxyl groups is 2. The van der Waals surface area contributed by atoms with E-state index in [4.69, 9.17) is 9.47 Å². The molecule has 0 heterocycles. The van der Waals surface area contributed by atoms with Gasteiger partial charge in [0.1, 0.15) is 0 Å². The van der Waals surface area contributed by atoms with Gasteiger partial charge >= 0.3 is 0 Å². The minimum atomic E-state index is -0.731. The molecule has 32 heavy (non-hydrogen) atoms. The molecular weight excluding hydrogens is 400 g/mol. The van der Waals surface area contributed by atoms with Crippen LogP contribution >= 0.6 is 0 Å². The number of benzene rings is 1. The van der Waals surface area contributed by atoms with Gasteiger partial charge in [-0.3, -0.25) is 0 Å². The third kappa shape index (κ3) is 15.0. The lowest BCUT2D eigenvalue weighted by molar-refractivity contribution is -0.0808. The average molecular weight is 451 g/mol. The lowest BCUT2D eigenvalue weighted by atomic mass is 9.92. The number of hydrogen-bond donors (Lipinski definition) is 2. The van der Waals surface area contributed by atoms with E-state index in [1.807, 2.05) is 30.3 Å². The van der Waals surface area contributed by atoms with Crippen LogP contribution < -0.4 is 0 Å². The highest BCUT2D eigenvalue weighted by atomic mass is 16.5. The Morgan fingerprint density at radius 3 is 1.59 bits per heavy atom. The molecule has 0 bridgehead atoms. The molecule has 1 aromatic carbocycles. The lowest BCUT2D eigenvalue weighted by Crippen LogP contribution is -2.39. The molecule has 0 spiro atoms. The van der Waals surface area contributed by atoms with E-state index >= 15 is 0 Å². The second-order valence-corrected chi connectivity index (χ2v) is 9.44. The van der Waals surface area contributed by atoms with Gasteiger partial charge in [0, 0.05) is 6.61 Å². The molecule has 0 atom stereocenters. The van der Waals surface area contributed by atoms with Crippen molar-refractivity contribution >= 4 is 0 Å². The first-order chi connectivity index (χ1) is 15.8. The van der Waals surface area contributed by atoms with Crippen molar-refractivity contribution in [1.82, 2.24) is 0 Å². The van der Waals surface area contributed by atoms with Gasteiger partial charge in [-0.1, -0.05) is 121 Å². The maximum atomic E-state index is 9.78. The third-order valence-electron chi connectivity index (χ3n) is 6.24. The highest BCUT2D eigenvalue weighted by Gasteiger charge is 2.29. The molecule has 186 valence electrons. The van der Waals surface area contributed by atoms with Crippen LogP contribution in [0.25, 0.3) is 0 Å². The molecule has 1 aromatic rings. The number of hydrogen-bond acceptors (Lipinski definition) is 4. The Balaban J connectivity index is 1.95. The molecule has 0 radical (unpaired) electrons. The Morgan fingerprint density at radius 1 is 0.625 bits per heavy atom. The SMILES string of the molecule is CCCCCCCCCCCCCCCCOCC(CO)(CO)COCc1ccccc1. The van der Waals surface area contributed by atoms with Crippen molar-refractivity contribution in [3.63, 3.8) is 0 Å². The van der Waals surface area contributed by atoms with E-state index in [-0.39, 0.29) is 19.8 Å². The molecule has 0 aliphatic heterocycles. The number of aliphatic hydroxyl groups excluding tert-OH is 2. The maximum absolute atomic E-state index is 9.78. The van der Waals surface area contributed by atoms with Crippen molar-refractivity contribution in [2.75, 3.05) is 33.0 Å². The Kier molecular flexibility index (Phi) is 18.8. The summed E-state index contributed by atoms with van der Waals surface area (Å²) in [5.74, 6) is 0. The summed E-state index contributed by atoms with van der Waals surface area (Å²) in [6.45, 7) is 3.76. The Bertz CT molecular complexity index is 501. The molecule has 0 unspecified atom stereocenters. The lowest BCUT2D eigenvalue weighted by Gasteiger charge is -2.29. The predicted octanol–water partition coefficient (Wildman–Crippen LogP) is 6.67. The second kappa shape index (κ2) is 20.7. The second-order valence-electron chi connectivity index (χ2n) is 9.44. The zero-order valence-electron chi connectivity index (χ0n) is 20.7. The third-order valence-corrected chi connectivity index (χ3v) is 6.24. The van der Waals surface area contributed by atoms with Crippen LogP contribution in [0.5, 0.6) is 0 Å². The van der Waals surface area contributed by atoms with Gasteiger partial charge in [-0.2, -0.15) is 0 Å². The Morgan fingerprint density at radius 2 is 1.09 bits per heavy atom. The first-order valence-electron chi connectivity index (χ1n) is 13.2. The van der Waals surface area contributed by atoms with Gasteiger partial charge in [0.05, 0.1) is 38.4 Å². The van der Waals surface area contributed by atoms with Crippen molar-refractivity contribution in [2.45, 2.75) is 103 Å². The van der Waals surface area contributed by atoms with E-state index in [0.717, 1.165) is 12.0 Å². The van der Waals surface area contributed by atoms with Crippen LogP contribution in [0.2, 0.25) is 0 Å². The van der Waals surface area contributed by atoms with Crippen LogP contribution in [0.1, 0.15) is 102 Å². The predicted molar refractivity (Wildman–Crippen MR) is 134 cm³/mol. The average Bonchev–Trinajstić information content (AvgIpc) is 2.83. The highest BCUT2D eigenvalue weighted by molar-refractivity contribution is 5.13. The molecule has 0 aliphatic carbocycles. The Hall–Kier alpha value is -0.940. The molecule has 0 aliphatic rings. The van der Waals surface area contributed by atoms with Gasteiger partial charge in [0.15, 0.2) is 0 Å². The summed E-state index contributed by atoms with van der Waals surface area (Å²) in [4.78, 5) is 0. The molecule has 0 fully saturated rings. The van der Waals surface area contributed by atoms with Gasteiger partial charge in [-0.05, 0) is 12.0 Å². The van der Waals surface area contributed by atoms with Crippen LogP contribution in [0.4, 0.5) is 0 Å². The summed E-state index contributed by atoms with van der Waals surface area (Å²) in [6.07, 6.45) is 18.8. The van der Waals surface area contributed by atoms with Gasteiger partial charge < -0.3 is 19.7 Å². The van der Waals surface area contributed by atoms with Crippen LogP contribution in [-0.4, -0.2) is 43.2 Å². The zero-order valence-corrected chi connectivity index (χ0v) is 20.7. The smallest absolute Gasteiger partial charge is 0.0717 e. The number of rotatable bonds is 23. The first kappa shape index (κ1) is 29.1. The fraction of sp³-hybridized carbons (Fsp3) is 0.786. The van der Waals surface area contributed by atoms with E-state index in [0.29, 0.717) is 19.8 Å². The quantitative estimate of drug-likeness (QED) is 0.183. The molecule has 0 aromatic heterocycles. The molecule has 0 amide bonds. The fourth-order valence-corrected chi connectivity index (χ4v) is 3.92. The van der Waals surface area contributed by atoms with Crippen LogP contribution in [0, 0.1) is 5.41 Å². The summed E-state index contributed by atoms with van der Waals surface area (Å²) in [5, 5.41) is 19.6. The minimum absolute atomic E-state index is 0.142. The topological polar surface area (TPSA) is 58.9 Å². The summed E-state index contributed by atoms with van der Waals surface area (Å²) in [5.41, 5.74) is 0.353. The summed E-state index contributed by atoms with van der Waals surface area (Å²) in [7, 11) is 0. The van der Waals surface area contributed by atoms with Crippen LogP contribution in [0.15, 0.2) is 30.3 Å². The van der Waals surface area contributed by atoms with E-state index in [9.17, 15) is 10.2 Å². The van der Waals surface area contributed by atoms with Crippen LogP contribution in [-0.2, 0) is 16.1 Å². The van der Waals surface area contributed by atoms with Crippen molar-refractivity contribution in [1.29, 1.82) is 0 Å². The standard InChI is InChI=1S/C28H50O4/c1-2-3-4-5-6-7-8-9-10-11-12-13-14-18-21-31-25-28(23-29,24-30)26-32-22-27-19-16-15-17-20-27/h15-17,19-20,29-30H,2-14,18,21-26H2,1H3. The van der Waals surface area contributed by atoms with Gasteiger partial charge in [-0.25, -0.2) is 0 Å². The highest BCUT2D eigenvalue weighted by Crippen LogP contribution is 2.19. The monoisotopic (exact) mass is 450 g/mol. The van der Waals surface area contributed by atoms with Crippen molar-refractivity contribution in [3.8, 4) is 0 Å². The van der Waals surface area contributed by atoms with E-state index in [1.54, 1.807) is 0 Å². The summed E-state index contributed by atoms with van der Waals surface area (Å²) < 4.78 is 11.5. The number of ether oxygens (including phenoxy) is 2.